The Balaban J connectivity index is 0. The van der Waals surface area contributed by atoms with Crippen LogP contribution in [0.25, 0.3) is 0 Å². The summed E-state index contributed by atoms with van der Waals surface area (Å²) >= 11 is 1.38. The fourth-order valence-corrected chi connectivity index (χ4v) is 4.59. The van der Waals surface area contributed by atoms with Crippen molar-refractivity contribution in [3.05, 3.63) is 16.1 Å². The van der Waals surface area contributed by atoms with Crippen molar-refractivity contribution in [2.75, 3.05) is 33.4 Å². The van der Waals surface area contributed by atoms with E-state index in [-0.39, 0.29) is 50.4 Å². The summed E-state index contributed by atoms with van der Waals surface area (Å²) in [7, 11) is 1.86. The van der Waals surface area contributed by atoms with Crippen LogP contribution in [0.1, 0.15) is 124 Å². The van der Waals surface area contributed by atoms with Gasteiger partial charge in [-0.25, -0.2) is 4.98 Å². The summed E-state index contributed by atoms with van der Waals surface area (Å²) in [6.45, 7) is 19.9. The molecule has 0 bridgehead atoms. The monoisotopic (exact) mass is 628 g/mol. The predicted molar refractivity (Wildman–Crippen MR) is 175 cm³/mol. The highest BCUT2D eigenvalue weighted by atomic mass is 32.1. The van der Waals surface area contributed by atoms with E-state index in [1.807, 2.05) is 58.9 Å². The van der Waals surface area contributed by atoms with Crippen LogP contribution < -0.4 is 5.32 Å². The average molecular weight is 629 g/mol. The van der Waals surface area contributed by atoms with Crippen molar-refractivity contribution in [3.63, 3.8) is 0 Å². The smallest absolute Gasteiger partial charge is 0.307 e. The van der Waals surface area contributed by atoms with Gasteiger partial charge >= 0.3 is 11.9 Å². The van der Waals surface area contributed by atoms with Crippen molar-refractivity contribution in [1.29, 1.82) is 0 Å². The standard InChI is InChI=1S/C26H44N4O6S.C4H10.C2H6/c1-8-10-12-29(7)15-23(32)27-14-24(33)30(17-35-25(34)11-9-2)21(18(3)4)13-22(36-20(6)31)26-28-19(5)16-37-26;1-3-4-2;1-2/h16,18,21-22H,8-15,17H2,1-7H3,(H,27,32);3-4H2,1-2H3;1-2H3. The number of nitrogens with zero attached hydrogens (tertiary/aromatic N) is 3. The molecule has 1 rings (SSSR count). The highest BCUT2D eigenvalue weighted by molar-refractivity contribution is 7.09. The van der Waals surface area contributed by atoms with E-state index in [4.69, 9.17) is 9.47 Å². The minimum atomic E-state index is -0.660. The van der Waals surface area contributed by atoms with Crippen molar-refractivity contribution in [2.45, 2.75) is 126 Å². The second kappa shape index (κ2) is 25.9. The molecule has 1 N–H and O–H groups in total. The van der Waals surface area contributed by atoms with E-state index in [0.29, 0.717) is 11.4 Å². The Morgan fingerprint density at radius 2 is 1.65 bits per heavy atom. The summed E-state index contributed by atoms with van der Waals surface area (Å²) in [6.07, 6.45) is 5.13. The zero-order valence-electron chi connectivity index (χ0n) is 28.8. The Kier molecular flexibility index (Phi) is 25.7. The summed E-state index contributed by atoms with van der Waals surface area (Å²) in [6, 6.07) is -0.445. The maximum Gasteiger partial charge on any atom is 0.307 e. The number of aromatic nitrogens is 1. The number of aryl methyl sites for hydroxylation is 1. The van der Waals surface area contributed by atoms with Crippen LogP contribution in [-0.4, -0.2) is 78.0 Å². The maximum absolute atomic E-state index is 13.4. The zero-order chi connectivity index (χ0) is 33.4. The molecule has 0 fully saturated rings. The van der Waals surface area contributed by atoms with Gasteiger partial charge in [0, 0.05) is 36.9 Å². The summed E-state index contributed by atoms with van der Waals surface area (Å²) < 4.78 is 11.0. The van der Waals surface area contributed by atoms with Gasteiger partial charge < -0.3 is 19.7 Å². The molecule has 10 nitrogen and oxygen atoms in total. The molecule has 0 saturated carbocycles. The third-order valence-electron chi connectivity index (χ3n) is 6.23. The topological polar surface area (TPSA) is 118 Å². The van der Waals surface area contributed by atoms with Crippen LogP contribution in [-0.2, 0) is 28.7 Å². The molecule has 0 aliphatic heterocycles. The number of likely N-dealkylation sites (N-methyl/N-ethyl adjacent to an activating group) is 1. The Morgan fingerprint density at radius 3 is 2.12 bits per heavy atom. The van der Waals surface area contributed by atoms with Crippen molar-refractivity contribution in [1.82, 2.24) is 20.1 Å². The molecule has 1 aromatic rings. The molecular weight excluding hydrogens is 568 g/mol. The summed E-state index contributed by atoms with van der Waals surface area (Å²) in [5, 5.41) is 5.20. The van der Waals surface area contributed by atoms with Crippen molar-refractivity contribution < 1.29 is 28.7 Å². The van der Waals surface area contributed by atoms with Gasteiger partial charge in [0.25, 0.3) is 0 Å². The molecule has 1 aromatic heterocycles. The number of hydrogen-bond donors (Lipinski definition) is 1. The summed E-state index contributed by atoms with van der Waals surface area (Å²) in [5.74, 6) is -1.57. The lowest BCUT2D eigenvalue weighted by atomic mass is 9.96. The number of nitrogens with one attached hydrogen (secondary N) is 1. The van der Waals surface area contributed by atoms with E-state index in [2.05, 4.69) is 31.1 Å². The molecule has 43 heavy (non-hydrogen) atoms. The highest BCUT2D eigenvalue weighted by Gasteiger charge is 2.33. The molecule has 250 valence electrons. The van der Waals surface area contributed by atoms with E-state index >= 15 is 0 Å². The number of esters is 2. The largest absolute Gasteiger partial charge is 0.455 e. The van der Waals surface area contributed by atoms with E-state index in [9.17, 15) is 19.2 Å². The van der Waals surface area contributed by atoms with Gasteiger partial charge in [-0.1, -0.05) is 74.7 Å². The SMILES string of the molecule is CC.CCCC.CCCCN(C)CC(=O)NCC(=O)N(COC(=O)CCC)C(CC(OC(C)=O)c1nc(C)cs1)C(C)C. The van der Waals surface area contributed by atoms with Crippen LogP contribution in [0.5, 0.6) is 0 Å². The van der Waals surface area contributed by atoms with E-state index in [1.54, 1.807) is 0 Å². The van der Waals surface area contributed by atoms with Gasteiger partial charge in [-0.15, -0.1) is 11.3 Å². The van der Waals surface area contributed by atoms with Gasteiger partial charge in [0.15, 0.2) is 12.8 Å². The molecule has 2 amide bonds. The molecule has 0 radical (unpaired) electrons. The third kappa shape index (κ3) is 20.1. The van der Waals surface area contributed by atoms with E-state index in [0.717, 1.165) is 25.1 Å². The number of carbonyl (C=O) groups is 4. The summed E-state index contributed by atoms with van der Waals surface area (Å²) in [4.78, 5) is 57.6. The first-order valence-corrected chi connectivity index (χ1v) is 16.8. The van der Waals surface area contributed by atoms with Crippen LogP contribution >= 0.6 is 11.3 Å². The molecular formula is C32H60N4O6S. The molecule has 0 aliphatic carbocycles. The Labute approximate surface area is 265 Å². The molecule has 0 aromatic carbocycles. The molecule has 1 heterocycles. The van der Waals surface area contributed by atoms with Crippen molar-refractivity contribution in [2.24, 2.45) is 5.92 Å². The van der Waals surface area contributed by atoms with Crippen molar-refractivity contribution in [3.8, 4) is 0 Å². The highest BCUT2D eigenvalue weighted by Crippen LogP contribution is 2.30. The van der Waals surface area contributed by atoms with Gasteiger partial charge in [-0.05, 0) is 39.3 Å². The first kappa shape index (κ1) is 42.6. The first-order chi connectivity index (χ1) is 20.4. The Hall–Kier alpha value is -2.53. The van der Waals surface area contributed by atoms with Crippen LogP contribution in [0.3, 0.4) is 0 Å². The normalized spacial score (nSPS) is 11.8. The lowest BCUT2D eigenvalue weighted by Crippen LogP contribution is -2.50. The number of thiazole rings is 1. The third-order valence-corrected chi connectivity index (χ3v) is 7.28. The van der Waals surface area contributed by atoms with Crippen LogP contribution in [0, 0.1) is 12.8 Å². The minimum Gasteiger partial charge on any atom is -0.455 e. The van der Waals surface area contributed by atoms with Crippen molar-refractivity contribution >= 4 is 35.1 Å². The van der Waals surface area contributed by atoms with Gasteiger partial charge in [-0.3, -0.25) is 24.1 Å². The molecule has 11 heteroatoms. The number of carbonyl (C=O) groups excluding carboxylic acids is 4. The predicted octanol–water partition coefficient (Wildman–Crippen LogP) is 6.28. The van der Waals surface area contributed by atoms with Gasteiger partial charge in [0.05, 0.1) is 13.1 Å². The molecule has 0 spiro atoms. The average Bonchev–Trinajstić information content (AvgIpc) is 3.40. The van der Waals surface area contributed by atoms with Gasteiger partial charge in [0.1, 0.15) is 5.01 Å². The second-order valence-electron chi connectivity index (χ2n) is 10.6. The molecule has 2 unspecified atom stereocenters. The number of rotatable bonds is 18. The number of ether oxygens (including phenoxy) is 2. The quantitative estimate of drug-likeness (QED) is 0.149. The maximum atomic E-state index is 13.4. The lowest BCUT2D eigenvalue weighted by molar-refractivity contribution is -0.158. The first-order valence-electron chi connectivity index (χ1n) is 15.9. The lowest BCUT2D eigenvalue weighted by Gasteiger charge is -2.35. The fraction of sp³-hybridized carbons (Fsp3) is 0.781. The summed E-state index contributed by atoms with van der Waals surface area (Å²) in [5.41, 5.74) is 0.811. The minimum absolute atomic E-state index is 0.0659. The Morgan fingerprint density at radius 1 is 1.02 bits per heavy atom. The number of unbranched alkanes of at least 4 members (excludes halogenated alkanes) is 2. The molecule has 0 saturated heterocycles. The van der Waals surface area contributed by atoms with E-state index < -0.39 is 24.1 Å². The fourth-order valence-electron chi connectivity index (χ4n) is 3.75. The van der Waals surface area contributed by atoms with Crippen LogP contribution in [0.4, 0.5) is 0 Å². The number of hydrogen-bond acceptors (Lipinski definition) is 9. The van der Waals surface area contributed by atoms with Gasteiger partial charge in [-0.2, -0.15) is 0 Å². The zero-order valence-corrected chi connectivity index (χ0v) is 29.6. The van der Waals surface area contributed by atoms with Crippen LogP contribution in [0.15, 0.2) is 5.38 Å². The second-order valence-corrected chi connectivity index (χ2v) is 11.5. The molecule has 0 aliphatic rings. The van der Waals surface area contributed by atoms with E-state index in [1.165, 1.54) is 36.0 Å². The van der Waals surface area contributed by atoms with Crippen LogP contribution in [0.2, 0.25) is 0 Å². The molecule has 2 atom stereocenters. The van der Waals surface area contributed by atoms with Gasteiger partial charge in [0.2, 0.25) is 11.8 Å². The Bertz CT molecular complexity index is 906. The number of amides is 2.